The Kier molecular flexibility index (Phi) is 4.28. The summed E-state index contributed by atoms with van der Waals surface area (Å²) in [5.74, 6) is 0.0971. The standard InChI is InChI=1S/C13H15BrO2S/c1-8(15)10-3-4-13(11(14)7-10)17-12-5-6-16-9(12)2/h3-4,7,9,12H,5-6H2,1-2H3. The molecule has 0 radical (unpaired) electrons. The molecule has 4 heteroatoms. The Morgan fingerprint density at radius 3 is 2.82 bits per heavy atom. The number of Topliss-reactive ketones (excluding diaryl/α,β-unsaturated/α-hetero) is 1. The van der Waals surface area contributed by atoms with E-state index in [1.165, 1.54) is 4.90 Å². The molecule has 1 aromatic rings. The molecule has 1 saturated heterocycles. The summed E-state index contributed by atoms with van der Waals surface area (Å²) in [7, 11) is 0. The zero-order valence-corrected chi connectivity index (χ0v) is 12.3. The Morgan fingerprint density at radius 1 is 1.53 bits per heavy atom. The molecule has 2 atom stereocenters. The first kappa shape index (κ1) is 13.1. The van der Waals surface area contributed by atoms with Gasteiger partial charge in [0.2, 0.25) is 0 Å². The molecule has 2 nitrogen and oxygen atoms in total. The van der Waals surface area contributed by atoms with Gasteiger partial charge >= 0.3 is 0 Å². The summed E-state index contributed by atoms with van der Waals surface area (Å²) in [5.41, 5.74) is 0.747. The van der Waals surface area contributed by atoms with E-state index in [0.717, 1.165) is 23.1 Å². The average Bonchev–Trinajstić information content (AvgIpc) is 2.67. The van der Waals surface area contributed by atoms with Crippen LogP contribution in [-0.4, -0.2) is 23.7 Å². The molecule has 1 aromatic carbocycles. The van der Waals surface area contributed by atoms with Gasteiger partial charge in [0.15, 0.2) is 5.78 Å². The van der Waals surface area contributed by atoms with Crippen LogP contribution in [0.2, 0.25) is 0 Å². The van der Waals surface area contributed by atoms with Crippen LogP contribution in [0.4, 0.5) is 0 Å². The maximum Gasteiger partial charge on any atom is 0.159 e. The maximum absolute atomic E-state index is 11.3. The van der Waals surface area contributed by atoms with Gasteiger partial charge in [-0.3, -0.25) is 4.79 Å². The molecule has 1 aliphatic rings. The molecule has 0 aromatic heterocycles. The van der Waals surface area contributed by atoms with E-state index in [1.54, 1.807) is 6.92 Å². The molecule has 0 N–H and O–H groups in total. The first-order valence-electron chi connectivity index (χ1n) is 5.66. The van der Waals surface area contributed by atoms with Crippen molar-refractivity contribution in [2.75, 3.05) is 6.61 Å². The van der Waals surface area contributed by atoms with Crippen LogP contribution in [0.5, 0.6) is 0 Å². The van der Waals surface area contributed by atoms with Crippen LogP contribution in [-0.2, 0) is 4.74 Å². The van der Waals surface area contributed by atoms with Crippen molar-refractivity contribution in [2.45, 2.75) is 36.5 Å². The number of carbonyl (C=O) groups is 1. The molecule has 1 fully saturated rings. The molecule has 0 bridgehead atoms. The predicted molar refractivity (Wildman–Crippen MR) is 73.8 cm³/mol. The van der Waals surface area contributed by atoms with Gasteiger partial charge in [-0.05, 0) is 48.3 Å². The lowest BCUT2D eigenvalue weighted by Gasteiger charge is -2.14. The minimum Gasteiger partial charge on any atom is -0.377 e. The van der Waals surface area contributed by atoms with E-state index >= 15 is 0 Å². The number of thioether (sulfide) groups is 1. The molecule has 0 aliphatic carbocycles. The summed E-state index contributed by atoms with van der Waals surface area (Å²) in [6, 6.07) is 5.79. The van der Waals surface area contributed by atoms with Gasteiger partial charge in [0.1, 0.15) is 0 Å². The first-order chi connectivity index (χ1) is 8.08. The molecular formula is C13H15BrO2S. The van der Waals surface area contributed by atoms with Gasteiger partial charge in [-0.15, -0.1) is 11.8 Å². The van der Waals surface area contributed by atoms with E-state index in [1.807, 2.05) is 30.0 Å². The highest BCUT2D eigenvalue weighted by molar-refractivity contribution is 9.10. The number of rotatable bonds is 3. The third-order valence-electron chi connectivity index (χ3n) is 2.92. The van der Waals surface area contributed by atoms with Crippen molar-refractivity contribution in [1.29, 1.82) is 0 Å². The number of halogens is 1. The van der Waals surface area contributed by atoms with Gasteiger partial charge in [-0.1, -0.05) is 6.07 Å². The Hall–Kier alpha value is -0.320. The molecule has 0 saturated carbocycles. The monoisotopic (exact) mass is 314 g/mol. The van der Waals surface area contributed by atoms with Crippen LogP contribution >= 0.6 is 27.7 Å². The van der Waals surface area contributed by atoms with E-state index in [2.05, 4.69) is 22.9 Å². The van der Waals surface area contributed by atoms with Crippen molar-refractivity contribution in [3.63, 3.8) is 0 Å². The van der Waals surface area contributed by atoms with E-state index in [9.17, 15) is 4.79 Å². The average molecular weight is 315 g/mol. The third kappa shape index (κ3) is 3.12. The Balaban J connectivity index is 2.14. The highest BCUT2D eigenvalue weighted by Gasteiger charge is 2.25. The first-order valence-corrected chi connectivity index (χ1v) is 7.34. The van der Waals surface area contributed by atoms with Gasteiger partial charge in [0.05, 0.1) is 6.10 Å². The number of carbonyl (C=O) groups excluding carboxylic acids is 1. The Bertz CT molecular complexity index is 433. The van der Waals surface area contributed by atoms with Gasteiger partial charge in [0, 0.05) is 26.8 Å². The van der Waals surface area contributed by atoms with Crippen LogP contribution in [0.3, 0.4) is 0 Å². The largest absolute Gasteiger partial charge is 0.377 e. The van der Waals surface area contributed by atoms with E-state index in [0.29, 0.717) is 11.4 Å². The number of hydrogen-bond acceptors (Lipinski definition) is 3. The SMILES string of the molecule is CC(=O)c1ccc(SC2CCOC2C)c(Br)c1. The highest BCUT2D eigenvalue weighted by Crippen LogP contribution is 2.36. The minimum atomic E-state index is 0.0971. The number of ketones is 1. The van der Waals surface area contributed by atoms with Gasteiger partial charge in [-0.25, -0.2) is 0 Å². The van der Waals surface area contributed by atoms with Crippen LogP contribution < -0.4 is 0 Å². The minimum absolute atomic E-state index is 0.0971. The topological polar surface area (TPSA) is 26.3 Å². The van der Waals surface area contributed by atoms with Gasteiger partial charge in [0.25, 0.3) is 0 Å². The molecule has 1 heterocycles. The van der Waals surface area contributed by atoms with Crippen molar-refractivity contribution in [1.82, 2.24) is 0 Å². The molecule has 2 rings (SSSR count). The number of benzene rings is 1. The lowest BCUT2D eigenvalue weighted by atomic mass is 10.2. The molecule has 92 valence electrons. The van der Waals surface area contributed by atoms with Crippen molar-refractivity contribution < 1.29 is 9.53 Å². The Morgan fingerprint density at radius 2 is 2.29 bits per heavy atom. The number of ether oxygens (including phenoxy) is 1. The lowest BCUT2D eigenvalue weighted by molar-refractivity contribution is 0.101. The molecule has 17 heavy (non-hydrogen) atoms. The second kappa shape index (κ2) is 5.55. The fraction of sp³-hybridized carbons (Fsp3) is 0.462. The van der Waals surface area contributed by atoms with Gasteiger partial charge in [-0.2, -0.15) is 0 Å². The highest BCUT2D eigenvalue weighted by atomic mass is 79.9. The van der Waals surface area contributed by atoms with Crippen molar-refractivity contribution in [3.8, 4) is 0 Å². The van der Waals surface area contributed by atoms with E-state index in [4.69, 9.17) is 4.74 Å². The predicted octanol–water partition coefficient (Wildman–Crippen LogP) is 3.92. The van der Waals surface area contributed by atoms with E-state index < -0.39 is 0 Å². The summed E-state index contributed by atoms with van der Waals surface area (Å²) in [6.07, 6.45) is 1.39. The summed E-state index contributed by atoms with van der Waals surface area (Å²) >= 11 is 5.35. The summed E-state index contributed by atoms with van der Waals surface area (Å²) in [6.45, 7) is 4.55. The van der Waals surface area contributed by atoms with Crippen molar-refractivity contribution in [3.05, 3.63) is 28.2 Å². The zero-order valence-electron chi connectivity index (χ0n) is 9.90. The molecular weight excluding hydrogens is 300 g/mol. The van der Waals surface area contributed by atoms with Crippen LogP contribution in [0.25, 0.3) is 0 Å². The lowest BCUT2D eigenvalue weighted by Crippen LogP contribution is -2.13. The van der Waals surface area contributed by atoms with Gasteiger partial charge < -0.3 is 4.74 Å². The van der Waals surface area contributed by atoms with Crippen LogP contribution in [0.15, 0.2) is 27.6 Å². The normalized spacial score (nSPS) is 23.9. The number of hydrogen-bond donors (Lipinski definition) is 0. The van der Waals surface area contributed by atoms with E-state index in [-0.39, 0.29) is 5.78 Å². The molecule has 0 amide bonds. The molecule has 1 aliphatic heterocycles. The second-order valence-corrected chi connectivity index (χ2v) is 6.36. The third-order valence-corrected chi connectivity index (χ3v) is 5.37. The smallest absolute Gasteiger partial charge is 0.159 e. The quantitative estimate of drug-likeness (QED) is 0.791. The zero-order chi connectivity index (χ0) is 12.4. The molecule has 2 unspecified atom stereocenters. The van der Waals surface area contributed by atoms with Crippen LogP contribution in [0, 0.1) is 0 Å². The summed E-state index contributed by atoms with van der Waals surface area (Å²) < 4.78 is 6.54. The fourth-order valence-electron chi connectivity index (χ4n) is 1.85. The summed E-state index contributed by atoms with van der Waals surface area (Å²) in [4.78, 5) is 12.4. The molecule has 0 spiro atoms. The fourth-order valence-corrected chi connectivity index (χ4v) is 3.63. The summed E-state index contributed by atoms with van der Waals surface area (Å²) in [5, 5.41) is 0.509. The second-order valence-electron chi connectivity index (χ2n) is 4.22. The van der Waals surface area contributed by atoms with Crippen molar-refractivity contribution >= 4 is 33.5 Å². The van der Waals surface area contributed by atoms with Crippen molar-refractivity contribution in [2.24, 2.45) is 0 Å². The maximum atomic E-state index is 11.3. The van der Waals surface area contributed by atoms with Crippen LogP contribution in [0.1, 0.15) is 30.6 Å². The Labute approximate surface area is 114 Å².